The van der Waals surface area contributed by atoms with Crippen LogP contribution >= 0.6 is 0 Å². The van der Waals surface area contributed by atoms with Crippen LogP contribution in [0.1, 0.15) is 41.6 Å². The van der Waals surface area contributed by atoms with Crippen LogP contribution in [0.4, 0.5) is 24.8 Å². The number of aromatic amines is 1. The van der Waals surface area contributed by atoms with Crippen molar-refractivity contribution in [2.45, 2.75) is 25.6 Å². The summed E-state index contributed by atoms with van der Waals surface area (Å²) < 4.78 is 41.2. The van der Waals surface area contributed by atoms with Crippen molar-refractivity contribution in [2.75, 3.05) is 11.5 Å². The largest absolute Gasteiger partial charge is 0.478 e. The molecule has 1 aliphatic heterocycles. The molecule has 0 aliphatic carbocycles. The average Bonchev–Trinajstić information content (AvgIpc) is 3.23. The Kier molecular flexibility index (Phi) is 6.62. The molecule has 1 unspecified atom stereocenters. The van der Waals surface area contributed by atoms with Gasteiger partial charge in [-0.1, -0.05) is 24.0 Å². The minimum Gasteiger partial charge on any atom is -0.478 e. The maximum atomic E-state index is 13.4. The van der Waals surface area contributed by atoms with Crippen molar-refractivity contribution in [3.8, 4) is 17.9 Å². The second-order valence-corrected chi connectivity index (χ2v) is 7.98. The number of hydrogen-bond donors (Lipinski definition) is 3. The Hall–Kier alpha value is -4.81. The van der Waals surface area contributed by atoms with Gasteiger partial charge in [0.05, 0.1) is 29.4 Å². The van der Waals surface area contributed by atoms with E-state index < -0.39 is 29.4 Å². The Morgan fingerprint density at radius 1 is 1.24 bits per heavy atom. The summed E-state index contributed by atoms with van der Waals surface area (Å²) in [4.78, 5) is 26.6. The number of aromatic nitrogens is 3. The van der Waals surface area contributed by atoms with Crippen LogP contribution in [0.25, 0.3) is 0 Å². The third-order valence-corrected chi connectivity index (χ3v) is 5.74. The topological polar surface area (TPSA) is 135 Å². The van der Waals surface area contributed by atoms with Gasteiger partial charge in [0.25, 0.3) is 0 Å². The van der Waals surface area contributed by atoms with Gasteiger partial charge in [-0.05, 0) is 42.8 Å². The standard InChI is InChI=1S/C25H18F3N5O4/c1-14-20(22(35)36)21(19-9-8-15(13-29)11-16(19)5-2-3-10-34)33-23(30-31-24(33)37)32(14)18-7-4-6-17(12-18)25(26,27)28/h4,6-9,11-12,21,34H,3,10H2,1H3,(H,31,37)(H,35,36). The molecule has 3 aromatic rings. The normalized spacial score (nSPS) is 15.0. The second-order valence-electron chi connectivity index (χ2n) is 7.98. The maximum Gasteiger partial charge on any atom is 0.416 e. The van der Waals surface area contributed by atoms with E-state index in [1.807, 2.05) is 6.07 Å². The number of rotatable bonds is 4. The summed E-state index contributed by atoms with van der Waals surface area (Å²) in [6.07, 6.45) is -4.54. The molecule has 2 aromatic carbocycles. The first kappa shape index (κ1) is 25.3. The number of aliphatic hydroxyl groups excluding tert-OH is 1. The average molecular weight is 509 g/mol. The fourth-order valence-corrected chi connectivity index (χ4v) is 4.17. The Morgan fingerprint density at radius 2 is 2.00 bits per heavy atom. The van der Waals surface area contributed by atoms with E-state index in [0.717, 1.165) is 21.6 Å². The molecule has 0 saturated carbocycles. The highest BCUT2D eigenvalue weighted by molar-refractivity contribution is 5.92. The van der Waals surface area contributed by atoms with Gasteiger partial charge < -0.3 is 10.2 Å². The van der Waals surface area contributed by atoms with Crippen LogP contribution in [-0.4, -0.2) is 37.6 Å². The quantitative estimate of drug-likeness (QED) is 0.459. The first-order valence-electron chi connectivity index (χ1n) is 10.8. The molecule has 0 fully saturated rings. The molecule has 9 nitrogen and oxygen atoms in total. The molecule has 188 valence electrons. The SMILES string of the molecule is CC1=C(C(=O)O)C(c2ccc(C#N)cc2C#CCCO)n2c(n[nH]c2=O)N1c1cccc(C(F)(F)F)c1. The van der Waals surface area contributed by atoms with E-state index in [0.29, 0.717) is 0 Å². The fourth-order valence-electron chi connectivity index (χ4n) is 4.17. The van der Waals surface area contributed by atoms with Gasteiger partial charge in [-0.15, -0.1) is 5.10 Å². The number of aliphatic carboxylic acids is 1. The van der Waals surface area contributed by atoms with Crippen LogP contribution in [0.5, 0.6) is 0 Å². The van der Waals surface area contributed by atoms with Crippen molar-refractivity contribution in [2.24, 2.45) is 0 Å². The number of alkyl halides is 3. The molecule has 0 bridgehead atoms. The zero-order valence-corrected chi connectivity index (χ0v) is 19.2. The molecule has 1 aromatic heterocycles. The zero-order chi connectivity index (χ0) is 26.9. The molecule has 0 saturated heterocycles. The summed E-state index contributed by atoms with van der Waals surface area (Å²) in [6.45, 7) is 1.18. The highest BCUT2D eigenvalue weighted by atomic mass is 19.4. The third-order valence-electron chi connectivity index (χ3n) is 5.74. The van der Waals surface area contributed by atoms with Gasteiger partial charge in [0.2, 0.25) is 5.95 Å². The molecular formula is C25H18F3N5O4. The Bertz CT molecular complexity index is 1580. The van der Waals surface area contributed by atoms with Crippen molar-refractivity contribution in [3.63, 3.8) is 0 Å². The van der Waals surface area contributed by atoms with Gasteiger partial charge in [-0.2, -0.15) is 18.4 Å². The molecular weight excluding hydrogens is 491 g/mol. The molecule has 0 spiro atoms. The lowest BCUT2D eigenvalue weighted by Gasteiger charge is -2.35. The number of nitriles is 1. The second kappa shape index (κ2) is 9.68. The summed E-state index contributed by atoms with van der Waals surface area (Å²) in [6, 6.07) is 9.25. The Balaban J connectivity index is 2.01. The van der Waals surface area contributed by atoms with Gasteiger partial charge in [0.15, 0.2) is 0 Å². The molecule has 0 amide bonds. The number of nitrogens with one attached hydrogen (secondary N) is 1. The van der Waals surface area contributed by atoms with Crippen LogP contribution in [0.2, 0.25) is 0 Å². The predicted octanol–water partition coefficient (Wildman–Crippen LogP) is 3.30. The van der Waals surface area contributed by atoms with Crippen molar-refractivity contribution in [1.29, 1.82) is 5.26 Å². The summed E-state index contributed by atoms with van der Waals surface area (Å²) in [5.74, 6) is 3.98. The summed E-state index contributed by atoms with van der Waals surface area (Å²) in [7, 11) is 0. The Labute approximate surface area is 207 Å². The van der Waals surface area contributed by atoms with E-state index in [2.05, 4.69) is 22.0 Å². The third kappa shape index (κ3) is 4.58. The number of hydrogen-bond acceptors (Lipinski definition) is 6. The van der Waals surface area contributed by atoms with Crippen molar-refractivity contribution in [3.05, 3.63) is 86.5 Å². The van der Waals surface area contributed by atoms with Gasteiger partial charge in [0.1, 0.15) is 6.04 Å². The molecule has 3 N–H and O–H groups in total. The first-order valence-corrected chi connectivity index (χ1v) is 10.8. The highest BCUT2D eigenvalue weighted by Gasteiger charge is 2.40. The van der Waals surface area contributed by atoms with Crippen LogP contribution in [0.15, 0.2) is 58.5 Å². The zero-order valence-electron chi connectivity index (χ0n) is 19.2. The fraction of sp³-hybridized carbons (Fsp3) is 0.200. The number of allylic oxidation sites excluding steroid dienone is 1. The van der Waals surface area contributed by atoms with Crippen LogP contribution in [0, 0.1) is 23.2 Å². The van der Waals surface area contributed by atoms with E-state index in [9.17, 15) is 33.1 Å². The molecule has 1 atom stereocenters. The van der Waals surface area contributed by atoms with E-state index in [4.69, 9.17) is 5.11 Å². The van der Waals surface area contributed by atoms with Gasteiger partial charge in [-0.25, -0.2) is 19.3 Å². The number of anilines is 2. The number of halogens is 3. The molecule has 0 radical (unpaired) electrons. The number of carboxylic acids is 1. The maximum absolute atomic E-state index is 13.4. The number of benzene rings is 2. The van der Waals surface area contributed by atoms with Crippen molar-refractivity contribution < 1.29 is 28.2 Å². The molecule has 12 heteroatoms. The lowest BCUT2D eigenvalue weighted by atomic mass is 9.90. The lowest BCUT2D eigenvalue weighted by molar-refractivity contribution is -0.137. The number of nitrogens with zero attached hydrogens (tertiary/aromatic N) is 4. The monoisotopic (exact) mass is 509 g/mol. The predicted molar refractivity (Wildman–Crippen MR) is 125 cm³/mol. The van der Waals surface area contributed by atoms with Crippen LogP contribution in [0.3, 0.4) is 0 Å². The summed E-state index contributed by atoms with van der Waals surface area (Å²) >= 11 is 0. The van der Waals surface area contributed by atoms with Gasteiger partial charge in [0, 0.05) is 23.4 Å². The van der Waals surface area contributed by atoms with E-state index >= 15 is 0 Å². The van der Waals surface area contributed by atoms with Gasteiger partial charge >= 0.3 is 17.8 Å². The summed E-state index contributed by atoms with van der Waals surface area (Å²) in [5, 5.41) is 34.9. The van der Waals surface area contributed by atoms with Crippen molar-refractivity contribution in [1.82, 2.24) is 14.8 Å². The smallest absolute Gasteiger partial charge is 0.416 e. The number of H-pyrrole nitrogens is 1. The number of carboxylic acid groups (broad SMARTS) is 1. The van der Waals surface area contributed by atoms with Crippen LogP contribution < -0.4 is 10.6 Å². The number of aliphatic hydroxyl groups is 1. The van der Waals surface area contributed by atoms with E-state index in [1.54, 1.807) is 0 Å². The summed E-state index contributed by atoms with van der Waals surface area (Å²) in [5.41, 5.74) is -1.35. The van der Waals surface area contributed by atoms with Gasteiger partial charge in [-0.3, -0.25) is 4.90 Å². The molecule has 1 aliphatic rings. The van der Waals surface area contributed by atoms with E-state index in [1.165, 1.54) is 37.3 Å². The van der Waals surface area contributed by atoms with Crippen LogP contribution in [-0.2, 0) is 11.0 Å². The van der Waals surface area contributed by atoms with E-state index in [-0.39, 0.29) is 52.6 Å². The minimum atomic E-state index is -4.66. The molecule has 37 heavy (non-hydrogen) atoms. The number of carbonyl (C=O) groups is 1. The minimum absolute atomic E-state index is 0.0296. The number of fused-ring (bicyclic) bond motifs is 1. The van der Waals surface area contributed by atoms with Crippen molar-refractivity contribution >= 4 is 17.6 Å². The lowest BCUT2D eigenvalue weighted by Crippen LogP contribution is -2.37. The first-order chi connectivity index (χ1) is 17.6. The Morgan fingerprint density at radius 3 is 2.65 bits per heavy atom. The molecule has 2 heterocycles. The molecule has 4 rings (SSSR count). The highest BCUT2D eigenvalue weighted by Crippen LogP contribution is 2.43.